The van der Waals surface area contributed by atoms with Gasteiger partial charge in [0.15, 0.2) is 0 Å². The molecule has 0 atom stereocenters. The quantitative estimate of drug-likeness (QED) is 0.871. The molecule has 104 valence electrons. The number of anilines is 2. The predicted octanol–water partition coefficient (Wildman–Crippen LogP) is 3.90. The van der Waals surface area contributed by atoms with Crippen molar-refractivity contribution in [1.82, 2.24) is 0 Å². The van der Waals surface area contributed by atoms with Gasteiger partial charge in [-0.25, -0.2) is 0 Å². The Morgan fingerprint density at radius 1 is 1.25 bits per heavy atom. The number of nitrogen functional groups attached to an aromatic ring is 1. The molecule has 0 heterocycles. The molecule has 0 aliphatic carbocycles. The molecule has 0 saturated carbocycles. The second-order valence-electron chi connectivity index (χ2n) is 4.57. The smallest absolute Gasteiger partial charge is 0.260 e. The molecule has 2 aromatic carbocycles. The van der Waals surface area contributed by atoms with Gasteiger partial charge in [-0.2, -0.15) is 0 Å². The number of nitrogens with zero attached hydrogens (tertiary/aromatic N) is 1. The Morgan fingerprint density at radius 2 is 1.95 bits per heavy atom. The zero-order valence-electron chi connectivity index (χ0n) is 11.6. The number of halogens is 1. The number of carbonyl (C=O) groups is 1. The minimum Gasteiger partial charge on any atom is -0.398 e. The lowest BCUT2D eigenvalue weighted by atomic mass is 10.1. The van der Waals surface area contributed by atoms with Crippen molar-refractivity contribution in [3.63, 3.8) is 0 Å². The van der Waals surface area contributed by atoms with E-state index >= 15 is 0 Å². The second-order valence-corrected chi connectivity index (χ2v) is 5.00. The normalized spacial score (nSPS) is 10.3. The SMILES string of the molecule is CCN(C(=O)c1cc(Cl)ccc1N)c1ccccc1C. The third-order valence-corrected chi connectivity index (χ3v) is 3.45. The molecular formula is C16H17ClN2O. The molecule has 2 rings (SSSR count). The van der Waals surface area contributed by atoms with Crippen LogP contribution >= 0.6 is 11.6 Å². The second kappa shape index (κ2) is 5.97. The molecule has 0 radical (unpaired) electrons. The van der Waals surface area contributed by atoms with E-state index in [1.807, 2.05) is 38.1 Å². The van der Waals surface area contributed by atoms with Crippen molar-refractivity contribution in [2.24, 2.45) is 0 Å². The van der Waals surface area contributed by atoms with Crippen LogP contribution in [0.1, 0.15) is 22.8 Å². The molecule has 0 unspecified atom stereocenters. The zero-order chi connectivity index (χ0) is 14.7. The van der Waals surface area contributed by atoms with Crippen LogP contribution in [0.4, 0.5) is 11.4 Å². The highest BCUT2D eigenvalue weighted by molar-refractivity contribution is 6.31. The highest BCUT2D eigenvalue weighted by Gasteiger charge is 2.19. The van der Waals surface area contributed by atoms with Gasteiger partial charge < -0.3 is 10.6 Å². The molecule has 1 amide bonds. The Kier molecular flexibility index (Phi) is 4.30. The Labute approximate surface area is 124 Å². The summed E-state index contributed by atoms with van der Waals surface area (Å²) in [5, 5.41) is 0.503. The third-order valence-electron chi connectivity index (χ3n) is 3.21. The monoisotopic (exact) mass is 288 g/mol. The highest BCUT2D eigenvalue weighted by Crippen LogP contribution is 2.25. The van der Waals surface area contributed by atoms with E-state index in [4.69, 9.17) is 17.3 Å². The van der Waals surface area contributed by atoms with Gasteiger partial charge in [-0.3, -0.25) is 4.79 Å². The Balaban J connectivity index is 2.45. The fraction of sp³-hybridized carbons (Fsp3) is 0.188. The predicted molar refractivity (Wildman–Crippen MR) is 84.4 cm³/mol. The van der Waals surface area contributed by atoms with Crippen LogP contribution in [0.2, 0.25) is 5.02 Å². The van der Waals surface area contributed by atoms with Gasteiger partial charge in [0.2, 0.25) is 0 Å². The third kappa shape index (κ3) is 2.78. The van der Waals surface area contributed by atoms with Crippen molar-refractivity contribution in [3.8, 4) is 0 Å². The number of nitrogens with two attached hydrogens (primary N) is 1. The van der Waals surface area contributed by atoms with E-state index in [9.17, 15) is 4.79 Å². The first kappa shape index (κ1) is 14.4. The van der Waals surface area contributed by atoms with Gasteiger partial charge in [0, 0.05) is 22.9 Å². The maximum atomic E-state index is 12.7. The number of amides is 1. The van der Waals surface area contributed by atoms with Crippen molar-refractivity contribution in [2.75, 3.05) is 17.2 Å². The first-order chi connectivity index (χ1) is 9.54. The van der Waals surface area contributed by atoms with Crippen LogP contribution in [-0.2, 0) is 0 Å². The lowest BCUT2D eigenvalue weighted by Crippen LogP contribution is -2.31. The summed E-state index contributed by atoms with van der Waals surface area (Å²) in [5.74, 6) is -0.137. The van der Waals surface area contributed by atoms with Crippen molar-refractivity contribution >= 4 is 28.9 Å². The minimum atomic E-state index is -0.137. The summed E-state index contributed by atoms with van der Waals surface area (Å²) in [6.07, 6.45) is 0. The van der Waals surface area contributed by atoms with Crippen LogP contribution in [0.15, 0.2) is 42.5 Å². The van der Waals surface area contributed by atoms with Gasteiger partial charge in [0.25, 0.3) is 5.91 Å². The summed E-state index contributed by atoms with van der Waals surface area (Å²) in [4.78, 5) is 14.4. The van der Waals surface area contributed by atoms with E-state index in [0.717, 1.165) is 11.3 Å². The van der Waals surface area contributed by atoms with Gasteiger partial charge in [0.1, 0.15) is 0 Å². The van der Waals surface area contributed by atoms with Crippen LogP contribution in [0.3, 0.4) is 0 Å². The molecule has 0 aromatic heterocycles. The van der Waals surface area contributed by atoms with E-state index in [0.29, 0.717) is 22.8 Å². The van der Waals surface area contributed by atoms with Gasteiger partial charge >= 0.3 is 0 Å². The van der Waals surface area contributed by atoms with Crippen LogP contribution in [0.25, 0.3) is 0 Å². The fourth-order valence-corrected chi connectivity index (χ4v) is 2.32. The largest absolute Gasteiger partial charge is 0.398 e. The molecule has 0 aliphatic rings. The van der Waals surface area contributed by atoms with Gasteiger partial charge in [-0.15, -0.1) is 0 Å². The number of carbonyl (C=O) groups excluding carboxylic acids is 1. The lowest BCUT2D eigenvalue weighted by Gasteiger charge is -2.23. The molecule has 4 heteroatoms. The summed E-state index contributed by atoms with van der Waals surface area (Å²) in [6.45, 7) is 4.48. The van der Waals surface area contributed by atoms with Crippen LogP contribution < -0.4 is 10.6 Å². The molecule has 2 N–H and O–H groups in total. The van der Waals surface area contributed by atoms with Crippen molar-refractivity contribution in [1.29, 1.82) is 0 Å². The fourth-order valence-electron chi connectivity index (χ4n) is 2.15. The molecule has 0 saturated heterocycles. The van der Waals surface area contributed by atoms with E-state index in [1.54, 1.807) is 23.1 Å². The summed E-state index contributed by atoms with van der Waals surface area (Å²) >= 11 is 5.96. The van der Waals surface area contributed by atoms with E-state index < -0.39 is 0 Å². The molecule has 0 fully saturated rings. The molecule has 2 aromatic rings. The van der Waals surface area contributed by atoms with Crippen LogP contribution in [0.5, 0.6) is 0 Å². The van der Waals surface area contributed by atoms with Gasteiger partial charge in [-0.05, 0) is 43.7 Å². The lowest BCUT2D eigenvalue weighted by molar-refractivity contribution is 0.0989. The van der Waals surface area contributed by atoms with E-state index in [-0.39, 0.29) is 5.91 Å². The van der Waals surface area contributed by atoms with Gasteiger partial charge in [-0.1, -0.05) is 29.8 Å². The first-order valence-corrected chi connectivity index (χ1v) is 6.85. The Morgan fingerprint density at radius 3 is 2.60 bits per heavy atom. The summed E-state index contributed by atoms with van der Waals surface area (Å²) < 4.78 is 0. The minimum absolute atomic E-state index is 0.137. The maximum Gasteiger partial charge on any atom is 0.260 e. The van der Waals surface area contributed by atoms with E-state index in [2.05, 4.69) is 0 Å². The van der Waals surface area contributed by atoms with Crippen molar-refractivity contribution < 1.29 is 4.79 Å². The summed E-state index contributed by atoms with van der Waals surface area (Å²) in [5.41, 5.74) is 8.70. The van der Waals surface area contributed by atoms with Crippen LogP contribution in [0, 0.1) is 6.92 Å². The van der Waals surface area contributed by atoms with Crippen molar-refractivity contribution in [3.05, 3.63) is 58.6 Å². The number of para-hydroxylation sites is 1. The highest BCUT2D eigenvalue weighted by atomic mass is 35.5. The average molecular weight is 289 g/mol. The van der Waals surface area contributed by atoms with Gasteiger partial charge in [0.05, 0.1) is 5.56 Å². The molecule has 3 nitrogen and oxygen atoms in total. The first-order valence-electron chi connectivity index (χ1n) is 6.47. The number of aryl methyl sites for hydroxylation is 1. The molecule has 0 bridgehead atoms. The Bertz CT molecular complexity index is 640. The number of hydrogen-bond acceptors (Lipinski definition) is 2. The molecule has 0 spiro atoms. The summed E-state index contributed by atoms with van der Waals surface area (Å²) in [6, 6.07) is 12.7. The molecule has 0 aliphatic heterocycles. The zero-order valence-corrected chi connectivity index (χ0v) is 12.3. The number of benzene rings is 2. The Hall–Kier alpha value is -2.00. The summed E-state index contributed by atoms with van der Waals surface area (Å²) in [7, 11) is 0. The number of hydrogen-bond donors (Lipinski definition) is 1. The topological polar surface area (TPSA) is 46.3 Å². The van der Waals surface area contributed by atoms with E-state index in [1.165, 1.54) is 0 Å². The molecular weight excluding hydrogens is 272 g/mol. The molecule has 20 heavy (non-hydrogen) atoms. The van der Waals surface area contributed by atoms with Crippen molar-refractivity contribution in [2.45, 2.75) is 13.8 Å². The van der Waals surface area contributed by atoms with Crippen LogP contribution in [-0.4, -0.2) is 12.5 Å². The standard InChI is InChI=1S/C16H17ClN2O/c1-3-19(15-7-5-4-6-11(15)2)16(20)13-10-12(17)8-9-14(13)18/h4-10H,3,18H2,1-2H3. The number of rotatable bonds is 3. The maximum absolute atomic E-state index is 12.7. The average Bonchev–Trinajstić information content (AvgIpc) is 2.44.